The molecule has 2 rings (SSSR count). The fourth-order valence-electron chi connectivity index (χ4n) is 1.25. The van der Waals surface area contributed by atoms with Crippen molar-refractivity contribution in [2.24, 2.45) is 0 Å². The van der Waals surface area contributed by atoms with Gasteiger partial charge in [-0.15, -0.1) is 0 Å². The van der Waals surface area contributed by atoms with Crippen molar-refractivity contribution < 1.29 is 4.74 Å². The van der Waals surface area contributed by atoms with E-state index in [1.807, 2.05) is 18.2 Å². The SMILES string of the molecule is COc1ccc(CSc2ncns2)cc1N. The van der Waals surface area contributed by atoms with E-state index < -0.39 is 0 Å². The van der Waals surface area contributed by atoms with Crippen LogP contribution in [0.4, 0.5) is 5.69 Å². The molecule has 0 radical (unpaired) electrons. The van der Waals surface area contributed by atoms with Gasteiger partial charge in [-0.05, 0) is 29.2 Å². The van der Waals surface area contributed by atoms with E-state index in [-0.39, 0.29) is 0 Å². The lowest BCUT2D eigenvalue weighted by atomic mass is 10.2. The fraction of sp³-hybridized carbons (Fsp3) is 0.200. The summed E-state index contributed by atoms with van der Waals surface area (Å²) in [6, 6.07) is 5.81. The van der Waals surface area contributed by atoms with Gasteiger partial charge >= 0.3 is 0 Å². The molecular weight excluding hydrogens is 242 g/mol. The van der Waals surface area contributed by atoms with Gasteiger partial charge in [-0.1, -0.05) is 17.8 Å². The second-order valence-corrected chi connectivity index (χ2v) is 5.07. The molecule has 84 valence electrons. The number of aromatic nitrogens is 2. The zero-order chi connectivity index (χ0) is 11.4. The van der Waals surface area contributed by atoms with Crippen molar-refractivity contribution in [1.82, 2.24) is 9.36 Å². The van der Waals surface area contributed by atoms with E-state index in [0.717, 1.165) is 15.7 Å². The summed E-state index contributed by atoms with van der Waals surface area (Å²) in [5, 5.41) is 0. The van der Waals surface area contributed by atoms with Gasteiger partial charge in [-0.25, -0.2) is 4.98 Å². The number of benzene rings is 1. The van der Waals surface area contributed by atoms with Crippen molar-refractivity contribution in [1.29, 1.82) is 0 Å². The zero-order valence-electron chi connectivity index (χ0n) is 8.71. The summed E-state index contributed by atoms with van der Waals surface area (Å²) in [4.78, 5) is 4.10. The Balaban J connectivity index is 2.02. The van der Waals surface area contributed by atoms with Gasteiger partial charge in [0.2, 0.25) is 0 Å². The number of hydrogen-bond acceptors (Lipinski definition) is 6. The Morgan fingerprint density at radius 3 is 3.00 bits per heavy atom. The van der Waals surface area contributed by atoms with Gasteiger partial charge in [0.05, 0.1) is 12.8 Å². The standard InChI is InChI=1S/C10H11N3OS2/c1-14-9-3-2-7(4-8(9)11)5-15-10-12-6-13-16-10/h2-4,6H,5,11H2,1H3. The van der Waals surface area contributed by atoms with Crippen LogP contribution in [-0.4, -0.2) is 16.5 Å². The van der Waals surface area contributed by atoms with Gasteiger partial charge in [0.15, 0.2) is 4.34 Å². The molecular formula is C10H11N3OS2. The average Bonchev–Trinajstić information content (AvgIpc) is 2.79. The molecule has 2 aromatic rings. The van der Waals surface area contributed by atoms with Crippen LogP contribution < -0.4 is 10.5 Å². The van der Waals surface area contributed by atoms with Gasteiger partial charge in [0, 0.05) is 5.75 Å². The van der Waals surface area contributed by atoms with Crippen molar-refractivity contribution in [3.63, 3.8) is 0 Å². The average molecular weight is 253 g/mol. The lowest BCUT2D eigenvalue weighted by molar-refractivity contribution is 0.417. The smallest absolute Gasteiger partial charge is 0.170 e. The Hall–Kier alpha value is -1.27. The fourth-order valence-corrected chi connectivity index (χ4v) is 2.63. The van der Waals surface area contributed by atoms with Crippen molar-refractivity contribution in [2.75, 3.05) is 12.8 Å². The molecule has 0 aliphatic rings. The molecule has 2 N–H and O–H groups in total. The van der Waals surface area contributed by atoms with E-state index in [1.165, 1.54) is 11.5 Å². The molecule has 1 aromatic heterocycles. The highest BCUT2D eigenvalue weighted by Crippen LogP contribution is 2.27. The minimum absolute atomic E-state index is 0.665. The summed E-state index contributed by atoms with van der Waals surface area (Å²) in [7, 11) is 1.61. The highest BCUT2D eigenvalue weighted by Gasteiger charge is 2.03. The lowest BCUT2D eigenvalue weighted by Crippen LogP contribution is -1.93. The second kappa shape index (κ2) is 5.18. The maximum Gasteiger partial charge on any atom is 0.170 e. The van der Waals surface area contributed by atoms with Crippen LogP contribution in [-0.2, 0) is 5.75 Å². The predicted octanol–water partition coefficient (Wildman–Crippen LogP) is 2.42. The summed E-state index contributed by atoms with van der Waals surface area (Å²) < 4.78 is 10.0. The monoisotopic (exact) mass is 253 g/mol. The first-order chi connectivity index (χ1) is 7.79. The number of nitrogens with two attached hydrogens (primary N) is 1. The molecule has 0 spiro atoms. The molecule has 1 aromatic carbocycles. The first kappa shape index (κ1) is 11.2. The number of methoxy groups -OCH3 is 1. The normalized spacial score (nSPS) is 10.3. The highest BCUT2D eigenvalue weighted by molar-refractivity contribution is 8.00. The minimum atomic E-state index is 0.665. The summed E-state index contributed by atoms with van der Waals surface area (Å²) in [6.45, 7) is 0. The van der Waals surface area contributed by atoms with Crippen molar-refractivity contribution in [3.8, 4) is 5.75 Å². The largest absolute Gasteiger partial charge is 0.495 e. The molecule has 0 unspecified atom stereocenters. The van der Waals surface area contributed by atoms with Crippen LogP contribution in [0.5, 0.6) is 5.75 Å². The summed E-state index contributed by atoms with van der Waals surface area (Å²) in [6.07, 6.45) is 1.56. The van der Waals surface area contributed by atoms with E-state index in [2.05, 4.69) is 9.36 Å². The molecule has 1 heterocycles. The van der Waals surface area contributed by atoms with E-state index in [0.29, 0.717) is 11.4 Å². The van der Waals surface area contributed by atoms with Crippen molar-refractivity contribution >= 4 is 29.0 Å². The van der Waals surface area contributed by atoms with Crippen LogP contribution in [0.2, 0.25) is 0 Å². The van der Waals surface area contributed by atoms with Crippen molar-refractivity contribution in [2.45, 2.75) is 10.1 Å². The number of rotatable bonds is 4. The maximum absolute atomic E-state index is 5.82. The Morgan fingerprint density at radius 2 is 2.38 bits per heavy atom. The van der Waals surface area contributed by atoms with Crippen LogP contribution in [0.3, 0.4) is 0 Å². The van der Waals surface area contributed by atoms with Crippen LogP contribution in [0.15, 0.2) is 28.9 Å². The number of hydrogen-bond donors (Lipinski definition) is 1. The first-order valence-electron chi connectivity index (χ1n) is 4.61. The number of thioether (sulfide) groups is 1. The summed E-state index contributed by atoms with van der Waals surface area (Å²) in [5.41, 5.74) is 7.64. The second-order valence-electron chi connectivity index (χ2n) is 3.07. The predicted molar refractivity (Wildman–Crippen MR) is 66.9 cm³/mol. The van der Waals surface area contributed by atoms with Crippen LogP contribution in [0.1, 0.15) is 5.56 Å². The maximum atomic E-state index is 5.82. The molecule has 0 aliphatic heterocycles. The molecule has 0 amide bonds. The molecule has 0 bridgehead atoms. The van der Waals surface area contributed by atoms with Gasteiger partial charge in [-0.3, -0.25) is 0 Å². The minimum Gasteiger partial charge on any atom is -0.495 e. The van der Waals surface area contributed by atoms with Gasteiger partial charge in [-0.2, -0.15) is 4.37 Å². The van der Waals surface area contributed by atoms with Crippen LogP contribution in [0, 0.1) is 0 Å². The Bertz CT molecular complexity index is 459. The number of ether oxygens (including phenoxy) is 1. The first-order valence-corrected chi connectivity index (χ1v) is 6.37. The molecule has 16 heavy (non-hydrogen) atoms. The molecule has 6 heteroatoms. The third-order valence-corrected chi connectivity index (χ3v) is 3.87. The summed E-state index contributed by atoms with van der Waals surface area (Å²) >= 11 is 3.05. The van der Waals surface area contributed by atoms with E-state index in [9.17, 15) is 0 Å². The highest BCUT2D eigenvalue weighted by atomic mass is 32.2. The molecule has 0 atom stereocenters. The molecule has 4 nitrogen and oxygen atoms in total. The van der Waals surface area contributed by atoms with Crippen LogP contribution in [0.25, 0.3) is 0 Å². The Morgan fingerprint density at radius 1 is 1.50 bits per heavy atom. The van der Waals surface area contributed by atoms with E-state index in [4.69, 9.17) is 10.5 Å². The third-order valence-electron chi connectivity index (χ3n) is 2.00. The molecule has 0 saturated carbocycles. The lowest BCUT2D eigenvalue weighted by Gasteiger charge is -2.06. The quantitative estimate of drug-likeness (QED) is 0.669. The van der Waals surface area contributed by atoms with Crippen molar-refractivity contribution in [3.05, 3.63) is 30.1 Å². The van der Waals surface area contributed by atoms with E-state index in [1.54, 1.807) is 25.2 Å². The Labute approximate surface area is 102 Å². The number of anilines is 1. The summed E-state index contributed by atoms with van der Waals surface area (Å²) in [5.74, 6) is 1.55. The van der Waals surface area contributed by atoms with Gasteiger partial charge < -0.3 is 10.5 Å². The van der Waals surface area contributed by atoms with E-state index >= 15 is 0 Å². The number of nitrogens with zero attached hydrogens (tertiary/aromatic N) is 2. The zero-order valence-corrected chi connectivity index (χ0v) is 10.3. The molecule has 0 fully saturated rings. The van der Waals surface area contributed by atoms with Gasteiger partial charge in [0.1, 0.15) is 12.1 Å². The number of nitrogen functional groups attached to an aromatic ring is 1. The van der Waals surface area contributed by atoms with Crippen LogP contribution >= 0.6 is 23.3 Å². The Kier molecular flexibility index (Phi) is 3.63. The van der Waals surface area contributed by atoms with Gasteiger partial charge in [0.25, 0.3) is 0 Å². The third kappa shape index (κ3) is 2.65. The topological polar surface area (TPSA) is 61.0 Å². The molecule has 0 saturated heterocycles. The molecule has 0 aliphatic carbocycles.